The van der Waals surface area contributed by atoms with Crippen LogP contribution in [-0.4, -0.2) is 42.7 Å². The number of benzene rings is 3. The van der Waals surface area contributed by atoms with Crippen LogP contribution in [0.25, 0.3) is 10.9 Å². The highest BCUT2D eigenvalue weighted by molar-refractivity contribution is 5.95. The topological polar surface area (TPSA) is 97.4 Å². The van der Waals surface area contributed by atoms with Crippen molar-refractivity contribution in [3.63, 3.8) is 0 Å². The van der Waals surface area contributed by atoms with Crippen LogP contribution in [0.4, 0.5) is 17.2 Å². The third-order valence-electron chi connectivity index (χ3n) is 5.55. The van der Waals surface area contributed by atoms with Gasteiger partial charge in [0.25, 0.3) is 6.47 Å². The van der Waals surface area contributed by atoms with Gasteiger partial charge in [0.15, 0.2) is 0 Å². The Bertz CT molecular complexity index is 1350. The largest absolute Gasteiger partial charge is 0.495 e. The van der Waals surface area contributed by atoms with Gasteiger partial charge < -0.3 is 25.4 Å². The number of carbonyl (C=O) groups is 1. The van der Waals surface area contributed by atoms with Crippen molar-refractivity contribution < 1.29 is 14.3 Å². The van der Waals surface area contributed by atoms with Crippen LogP contribution in [0, 0.1) is 12.3 Å². The smallest absolute Gasteiger partial charge is 0.293 e. The fraction of sp³-hybridized carbons (Fsp3) is 0.179. The van der Waals surface area contributed by atoms with E-state index in [0.29, 0.717) is 19.1 Å². The van der Waals surface area contributed by atoms with Crippen molar-refractivity contribution >= 4 is 34.6 Å². The monoisotopic (exact) mass is 481 g/mol. The van der Waals surface area contributed by atoms with Crippen molar-refractivity contribution in [2.75, 3.05) is 30.8 Å². The van der Waals surface area contributed by atoms with Crippen molar-refractivity contribution in [1.82, 2.24) is 15.3 Å². The molecule has 0 spiro atoms. The van der Waals surface area contributed by atoms with E-state index in [4.69, 9.17) is 11.2 Å². The second kappa shape index (κ2) is 12.2. The summed E-state index contributed by atoms with van der Waals surface area (Å²) in [5.41, 5.74) is 4.45. The Kier molecular flexibility index (Phi) is 8.31. The van der Waals surface area contributed by atoms with Gasteiger partial charge in [0.1, 0.15) is 24.5 Å². The molecule has 1 fully saturated rings. The Morgan fingerprint density at radius 2 is 1.94 bits per heavy atom. The summed E-state index contributed by atoms with van der Waals surface area (Å²) in [7, 11) is 1.66. The van der Waals surface area contributed by atoms with Crippen LogP contribution in [0.5, 0.6) is 5.75 Å². The number of nitrogens with one attached hydrogen (secondary N) is 3. The number of anilines is 3. The molecular formula is C28H27N5O3. The fourth-order valence-corrected chi connectivity index (χ4v) is 3.60. The molecule has 1 saturated heterocycles. The van der Waals surface area contributed by atoms with Gasteiger partial charge in [0, 0.05) is 35.8 Å². The Morgan fingerprint density at radius 1 is 1.11 bits per heavy atom. The van der Waals surface area contributed by atoms with Gasteiger partial charge in [0.05, 0.1) is 24.4 Å². The fourth-order valence-electron chi connectivity index (χ4n) is 3.60. The molecule has 0 aliphatic carbocycles. The molecule has 1 aliphatic rings. The Hall–Kier alpha value is -4.61. The van der Waals surface area contributed by atoms with Crippen molar-refractivity contribution in [2.24, 2.45) is 0 Å². The van der Waals surface area contributed by atoms with E-state index in [9.17, 15) is 4.79 Å². The highest BCUT2D eigenvalue weighted by Crippen LogP contribution is 2.33. The van der Waals surface area contributed by atoms with Gasteiger partial charge in [-0.1, -0.05) is 42.3 Å². The molecule has 0 saturated carbocycles. The molecule has 1 aromatic heterocycles. The number of fused-ring (bicyclic) bond motifs is 1. The number of aromatic nitrogens is 2. The van der Waals surface area contributed by atoms with Gasteiger partial charge >= 0.3 is 0 Å². The van der Waals surface area contributed by atoms with Gasteiger partial charge in [0.2, 0.25) is 0 Å². The molecule has 36 heavy (non-hydrogen) atoms. The van der Waals surface area contributed by atoms with Gasteiger partial charge in [-0.2, -0.15) is 0 Å². The lowest BCUT2D eigenvalue weighted by Crippen LogP contribution is -2.51. The van der Waals surface area contributed by atoms with E-state index in [2.05, 4.69) is 36.6 Å². The highest BCUT2D eigenvalue weighted by Gasteiger charge is 2.19. The minimum Gasteiger partial charge on any atom is -0.495 e. The molecule has 0 radical (unpaired) electrons. The van der Waals surface area contributed by atoms with E-state index in [1.807, 2.05) is 66.7 Å². The number of carbonyl (C=O) groups excluding carboxylic acids is 1. The van der Waals surface area contributed by atoms with Crippen molar-refractivity contribution in [2.45, 2.75) is 12.6 Å². The molecule has 0 amide bonds. The second-order valence-corrected chi connectivity index (χ2v) is 8.03. The number of methoxy groups -OCH3 is 1. The van der Waals surface area contributed by atoms with Crippen LogP contribution >= 0.6 is 0 Å². The lowest BCUT2D eigenvalue weighted by molar-refractivity contribution is -0.129. The summed E-state index contributed by atoms with van der Waals surface area (Å²) in [4.78, 5) is 18.5. The van der Waals surface area contributed by atoms with Crippen molar-refractivity contribution in [3.8, 4) is 18.1 Å². The van der Waals surface area contributed by atoms with Crippen LogP contribution in [0.1, 0.15) is 11.1 Å². The van der Waals surface area contributed by atoms with E-state index in [1.54, 1.807) is 7.11 Å². The first-order chi connectivity index (χ1) is 17.7. The zero-order valence-electron chi connectivity index (χ0n) is 19.9. The van der Waals surface area contributed by atoms with Crippen LogP contribution < -0.4 is 20.7 Å². The zero-order valence-corrected chi connectivity index (χ0v) is 19.9. The summed E-state index contributed by atoms with van der Waals surface area (Å²) >= 11 is 0. The first-order valence-corrected chi connectivity index (χ1v) is 11.4. The predicted molar refractivity (Wildman–Crippen MR) is 141 cm³/mol. The molecule has 5 rings (SSSR count). The van der Waals surface area contributed by atoms with Gasteiger partial charge in [-0.05, 0) is 29.8 Å². The average Bonchev–Trinajstić information content (AvgIpc) is 2.90. The Balaban J connectivity index is 0.000000256. The SMILES string of the molecule is C#Cc1cccc(Nc2ncnc3cc(OC)c(NC4CNC4)cc23)c1.O=COCc1ccccc1. The Labute approximate surface area is 210 Å². The average molecular weight is 482 g/mol. The summed E-state index contributed by atoms with van der Waals surface area (Å²) in [5, 5.41) is 11.0. The van der Waals surface area contributed by atoms with Crippen LogP contribution in [0.2, 0.25) is 0 Å². The predicted octanol–water partition coefficient (Wildman–Crippen LogP) is 4.11. The molecule has 182 valence electrons. The van der Waals surface area contributed by atoms with E-state index < -0.39 is 0 Å². The highest BCUT2D eigenvalue weighted by atomic mass is 16.5. The third kappa shape index (κ3) is 6.29. The zero-order chi connectivity index (χ0) is 25.2. The number of terminal acetylenes is 1. The number of ether oxygens (including phenoxy) is 2. The van der Waals surface area contributed by atoms with Gasteiger partial charge in [-0.25, -0.2) is 9.97 Å². The normalized spacial score (nSPS) is 12.3. The molecular weight excluding hydrogens is 454 g/mol. The lowest BCUT2D eigenvalue weighted by Gasteiger charge is -2.29. The van der Waals surface area contributed by atoms with Gasteiger partial charge in [-0.15, -0.1) is 6.42 Å². The molecule has 0 atom stereocenters. The summed E-state index contributed by atoms with van der Waals surface area (Å²) in [6, 6.07) is 21.6. The van der Waals surface area contributed by atoms with E-state index in [0.717, 1.165) is 58.1 Å². The number of hydrogen-bond donors (Lipinski definition) is 3. The molecule has 8 heteroatoms. The molecule has 3 N–H and O–H groups in total. The molecule has 0 unspecified atom stereocenters. The second-order valence-electron chi connectivity index (χ2n) is 8.03. The van der Waals surface area contributed by atoms with Crippen molar-refractivity contribution in [3.05, 3.63) is 84.2 Å². The summed E-state index contributed by atoms with van der Waals surface area (Å²) < 4.78 is 10.1. The third-order valence-corrected chi connectivity index (χ3v) is 5.55. The summed E-state index contributed by atoms with van der Waals surface area (Å²) in [6.07, 6.45) is 7.03. The molecule has 1 aliphatic heterocycles. The van der Waals surface area contributed by atoms with Crippen LogP contribution in [0.15, 0.2) is 73.1 Å². The van der Waals surface area contributed by atoms with E-state index in [1.165, 1.54) is 6.33 Å². The van der Waals surface area contributed by atoms with Crippen LogP contribution in [0.3, 0.4) is 0 Å². The first-order valence-electron chi connectivity index (χ1n) is 11.4. The standard InChI is InChI=1S/C20H19N5O.C8H8O2/c1-3-13-5-4-6-14(7-13)25-20-16-8-18(24-15-10-21-11-15)19(26-2)9-17(16)22-12-23-20;9-7-10-6-8-4-2-1-3-5-8/h1,4-9,12,15,21,24H,10-11H2,2H3,(H,22,23,25);1-5,7H,6H2. The number of rotatable bonds is 8. The molecule has 8 nitrogen and oxygen atoms in total. The maximum atomic E-state index is 9.76. The first kappa shape index (κ1) is 24.5. The summed E-state index contributed by atoms with van der Waals surface area (Å²) in [6.45, 7) is 2.70. The van der Waals surface area contributed by atoms with E-state index >= 15 is 0 Å². The minimum absolute atomic E-state index is 0.365. The lowest BCUT2D eigenvalue weighted by atomic mass is 10.1. The molecule has 4 aromatic rings. The minimum atomic E-state index is 0.365. The van der Waals surface area contributed by atoms with Crippen LogP contribution in [-0.2, 0) is 16.1 Å². The molecule has 3 aromatic carbocycles. The van der Waals surface area contributed by atoms with Gasteiger partial charge in [-0.3, -0.25) is 4.79 Å². The quantitative estimate of drug-likeness (QED) is 0.256. The maximum Gasteiger partial charge on any atom is 0.293 e. The van der Waals surface area contributed by atoms with Crippen molar-refractivity contribution in [1.29, 1.82) is 0 Å². The van der Waals surface area contributed by atoms with E-state index in [-0.39, 0.29) is 0 Å². The maximum absolute atomic E-state index is 9.76. The number of hydrogen-bond acceptors (Lipinski definition) is 8. The number of nitrogens with zero attached hydrogens (tertiary/aromatic N) is 2. The molecule has 2 heterocycles. The summed E-state index contributed by atoms with van der Waals surface area (Å²) in [5.74, 6) is 4.13. The Morgan fingerprint density at radius 3 is 2.64 bits per heavy atom. The molecule has 0 bridgehead atoms.